The summed E-state index contributed by atoms with van der Waals surface area (Å²) in [5.41, 5.74) is 1.95. The molecule has 3 nitrogen and oxygen atoms in total. The predicted molar refractivity (Wildman–Crippen MR) is 60.2 cm³/mol. The number of aryl methyl sites for hydroxylation is 1. The van der Waals surface area contributed by atoms with Crippen molar-refractivity contribution in [1.82, 2.24) is 4.98 Å². The number of rotatable bonds is 2. The zero-order chi connectivity index (χ0) is 10.8. The fourth-order valence-electron chi connectivity index (χ4n) is 1.82. The molecule has 0 saturated carbocycles. The molecule has 0 radical (unpaired) electrons. The highest BCUT2D eigenvalue weighted by Gasteiger charge is 2.29. The van der Waals surface area contributed by atoms with E-state index in [0.717, 1.165) is 11.3 Å². The third-order valence-electron chi connectivity index (χ3n) is 2.60. The van der Waals surface area contributed by atoms with Crippen molar-refractivity contribution in [3.63, 3.8) is 0 Å². The van der Waals surface area contributed by atoms with E-state index in [1.54, 1.807) is 17.3 Å². The summed E-state index contributed by atoms with van der Waals surface area (Å²) in [6.07, 6.45) is 4.06. The second-order valence-corrected chi connectivity index (χ2v) is 4.26. The monoisotopic (exact) mass is 224 g/mol. The number of halogens is 1. The fraction of sp³-hybridized carbons (Fsp3) is 0.455. The van der Waals surface area contributed by atoms with Crippen LogP contribution in [0.5, 0.6) is 0 Å². The first-order chi connectivity index (χ1) is 7.20. The van der Waals surface area contributed by atoms with Gasteiger partial charge >= 0.3 is 0 Å². The van der Waals surface area contributed by atoms with Gasteiger partial charge in [-0.25, -0.2) is 0 Å². The van der Waals surface area contributed by atoms with Crippen LogP contribution in [0.2, 0.25) is 0 Å². The minimum Gasteiger partial charge on any atom is -0.311 e. The van der Waals surface area contributed by atoms with Gasteiger partial charge in [0.15, 0.2) is 0 Å². The smallest absolute Gasteiger partial charge is 0.227 e. The summed E-state index contributed by atoms with van der Waals surface area (Å²) in [5, 5.41) is 0. The van der Waals surface area contributed by atoms with E-state index in [1.807, 2.05) is 13.0 Å². The first-order valence-corrected chi connectivity index (χ1v) is 5.52. The number of carbonyl (C=O) groups excluding carboxylic acids is 1. The lowest BCUT2D eigenvalue weighted by Gasteiger charge is -2.16. The van der Waals surface area contributed by atoms with Crippen LogP contribution in [0.1, 0.15) is 12.0 Å². The molecule has 1 unspecified atom stereocenters. The highest BCUT2D eigenvalue weighted by molar-refractivity contribution is 6.18. The van der Waals surface area contributed by atoms with Gasteiger partial charge in [-0.3, -0.25) is 9.78 Å². The van der Waals surface area contributed by atoms with Crippen LogP contribution in [-0.2, 0) is 4.79 Å². The van der Waals surface area contributed by atoms with E-state index < -0.39 is 0 Å². The predicted octanol–water partition coefficient (Wildman–Crippen LogP) is 1.98. The standard InChI is InChI=1S/C11H13ClN2O/c1-8-2-10(6-13-5-8)14-7-9(4-12)3-11(14)15/h2,5-6,9H,3-4,7H2,1H3. The SMILES string of the molecule is Cc1cncc(N2CC(CCl)CC2=O)c1. The van der Waals surface area contributed by atoms with Gasteiger partial charge in [0.2, 0.25) is 5.91 Å². The van der Waals surface area contributed by atoms with E-state index >= 15 is 0 Å². The lowest BCUT2D eigenvalue weighted by Crippen LogP contribution is -2.24. The van der Waals surface area contributed by atoms with E-state index in [-0.39, 0.29) is 11.8 Å². The average Bonchev–Trinajstić information content (AvgIpc) is 2.60. The maximum Gasteiger partial charge on any atom is 0.227 e. The van der Waals surface area contributed by atoms with Crippen molar-refractivity contribution in [2.75, 3.05) is 17.3 Å². The van der Waals surface area contributed by atoms with E-state index in [4.69, 9.17) is 11.6 Å². The summed E-state index contributed by atoms with van der Waals surface area (Å²) >= 11 is 5.76. The molecule has 1 aliphatic heterocycles. The lowest BCUT2D eigenvalue weighted by molar-refractivity contribution is -0.117. The second-order valence-electron chi connectivity index (χ2n) is 3.95. The first-order valence-electron chi connectivity index (χ1n) is 4.98. The Kier molecular flexibility index (Phi) is 2.91. The molecule has 1 atom stereocenters. The van der Waals surface area contributed by atoms with Crippen LogP contribution >= 0.6 is 11.6 Å². The van der Waals surface area contributed by atoms with E-state index in [1.165, 1.54) is 0 Å². The van der Waals surface area contributed by atoms with Gasteiger partial charge < -0.3 is 4.90 Å². The molecule has 0 bridgehead atoms. The summed E-state index contributed by atoms with van der Waals surface area (Å²) in [6, 6.07) is 1.97. The van der Waals surface area contributed by atoms with Gasteiger partial charge in [0.1, 0.15) is 0 Å². The summed E-state index contributed by atoms with van der Waals surface area (Å²) in [5.74, 6) is 0.967. The third kappa shape index (κ3) is 2.12. The van der Waals surface area contributed by atoms with Crippen LogP contribution in [0.4, 0.5) is 5.69 Å². The molecule has 0 aromatic carbocycles. The Morgan fingerprint density at radius 3 is 3.00 bits per heavy atom. The molecule has 2 rings (SSSR count). The summed E-state index contributed by atoms with van der Waals surface area (Å²) in [4.78, 5) is 17.6. The molecule has 1 aliphatic rings. The quantitative estimate of drug-likeness (QED) is 0.720. The van der Waals surface area contributed by atoms with Gasteiger partial charge in [-0.05, 0) is 24.5 Å². The van der Waals surface area contributed by atoms with Crippen molar-refractivity contribution in [1.29, 1.82) is 0 Å². The van der Waals surface area contributed by atoms with Crippen molar-refractivity contribution in [3.05, 3.63) is 24.0 Å². The Balaban J connectivity index is 2.21. The van der Waals surface area contributed by atoms with Gasteiger partial charge in [-0.2, -0.15) is 0 Å². The number of aromatic nitrogens is 1. The number of nitrogens with zero attached hydrogens (tertiary/aromatic N) is 2. The maximum absolute atomic E-state index is 11.7. The zero-order valence-corrected chi connectivity index (χ0v) is 9.37. The first kappa shape index (κ1) is 10.4. The number of carbonyl (C=O) groups is 1. The van der Waals surface area contributed by atoms with Crippen molar-refractivity contribution >= 4 is 23.2 Å². The normalized spacial score (nSPS) is 21.1. The second kappa shape index (κ2) is 4.19. The number of amides is 1. The molecule has 2 heterocycles. The van der Waals surface area contributed by atoms with E-state index in [9.17, 15) is 4.79 Å². The number of anilines is 1. The maximum atomic E-state index is 11.7. The minimum absolute atomic E-state index is 0.146. The molecule has 4 heteroatoms. The number of alkyl halides is 1. The summed E-state index contributed by atoms with van der Waals surface area (Å²) < 4.78 is 0. The molecule has 0 N–H and O–H groups in total. The zero-order valence-electron chi connectivity index (χ0n) is 8.61. The van der Waals surface area contributed by atoms with Crippen molar-refractivity contribution < 1.29 is 4.79 Å². The van der Waals surface area contributed by atoms with Gasteiger partial charge in [0.25, 0.3) is 0 Å². The number of hydrogen-bond acceptors (Lipinski definition) is 2. The Hall–Kier alpha value is -1.09. The molecule has 0 aliphatic carbocycles. The van der Waals surface area contributed by atoms with Gasteiger partial charge in [-0.15, -0.1) is 11.6 Å². The summed E-state index contributed by atoms with van der Waals surface area (Å²) in [6.45, 7) is 2.68. The number of hydrogen-bond donors (Lipinski definition) is 0. The van der Waals surface area contributed by atoms with Crippen LogP contribution in [0, 0.1) is 12.8 Å². The Morgan fingerprint density at radius 1 is 1.60 bits per heavy atom. The average molecular weight is 225 g/mol. The van der Waals surface area contributed by atoms with Gasteiger partial charge in [0, 0.05) is 25.0 Å². The largest absolute Gasteiger partial charge is 0.311 e. The van der Waals surface area contributed by atoms with Crippen molar-refractivity contribution in [2.24, 2.45) is 5.92 Å². The molecule has 1 saturated heterocycles. The molecule has 1 fully saturated rings. The molecule has 80 valence electrons. The van der Waals surface area contributed by atoms with Crippen LogP contribution in [0.3, 0.4) is 0 Å². The van der Waals surface area contributed by atoms with Gasteiger partial charge in [-0.1, -0.05) is 0 Å². The molecule has 0 spiro atoms. The van der Waals surface area contributed by atoms with E-state index in [0.29, 0.717) is 18.8 Å². The van der Waals surface area contributed by atoms with E-state index in [2.05, 4.69) is 4.98 Å². The van der Waals surface area contributed by atoms with Crippen LogP contribution < -0.4 is 4.90 Å². The van der Waals surface area contributed by atoms with Crippen LogP contribution in [0.25, 0.3) is 0 Å². The Labute approximate surface area is 94.1 Å². The molecular formula is C11H13ClN2O. The van der Waals surface area contributed by atoms with Crippen molar-refractivity contribution in [3.8, 4) is 0 Å². The van der Waals surface area contributed by atoms with Crippen LogP contribution in [-0.4, -0.2) is 23.3 Å². The molecule has 1 aromatic rings. The number of pyridine rings is 1. The third-order valence-corrected chi connectivity index (χ3v) is 3.03. The fourth-order valence-corrected chi connectivity index (χ4v) is 2.03. The van der Waals surface area contributed by atoms with Crippen molar-refractivity contribution in [2.45, 2.75) is 13.3 Å². The van der Waals surface area contributed by atoms with Gasteiger partial charge in [0.05, 0.1) is 11.9 Å². The topological polar surface area (TPSA) is 33.2 Å². The highest BCUT2D eigenvalue weighted by atomic mass is 35.5. The van der Waals surface area contributed by atoms with Crippen LogP contribution in [0.15, 0.2) is 18.5 Å². The Bertz CT molecular complexity index is 381. The molecular weight excluding hydrogens is 212 g/mol. The molecule has 1 aromatic heterocycles. The summed E-state index contributed by atoms with van der Waals surface area (Å²) in [7, 11) is 0. The minimum atomic E-state index is 0.146. The molecule has 15 heavy (non-hydrogen) atoms. The Morgan fingerprint density at radius 2 is 2.40 bits per heavy atom. The highest BCUT2D eigenvalue weighted by Crippen LogP contribution is 2.25. The molecule has 1 amide bonds. The lowest BCUT2D eigenvalue weighted by atomic mass is 10.1.